The Morgan fingerprint density at radius 1 is 1.07 bits per heavy atom. The summed E-state index contributed by atoms with van der Waals surface area (Å²) in [5.41, 5.74) is 2.99. The molecule has 1 saturated heterocycles. The Balaban J connectivity index is 1.38. The number of rotatable bonds is 7. The van der Waals surface area contributed by atoms with Crippen molar-refractivity contribution >= 4 is 67.3 Å². The van der Waals surface area contributed by atoms with E-state index < -0.39 is 5.97 Å². The van der Waals surface area contributed by atoms with Gasteiger partial charge in [0.25, 0.3) is 5.91 Å². The number of carboxylic acids is 1. The summed E-state index contributed by atoms with van der Waals surface area (Å²) in [7, 11) is 3.22. The van der Waals surface area contributed by atoms with E-state index in [0.717, 1.165) is 16.5 Å². The molecule has 0 saturated carbocycles. The number of carbonyl (C=O) groups excluding carboxylic acids is 1. The Morgan fingerprint density at radius 3 is 2.60 bits per heavy atom. The van der Waals surface area contributed by atoms with E-state index in [9.17, 15) is 14.7 Å². The zero-order chi connectivity index (χ0) is 28.4. The minimum absolute atomic E-state index is 0.175. The molecule has 0 atom stereocenters. The van der Waals surface area contributed by atoms with Crippen molar-refractivity contribution < 1.29 is 24.2 Å². The molecule has 0 bridgehead atoms. The van der Waals surface area contributed by atoms with Crippen LogP contribution in [0.2, 0.25) is 0 Å². The average molecular weight is 618 g/mol. The third-order valence-electron chi connectivity index (χ3n) is 6.50. The van der Waals surface area contributed by atoms with Crippen molar-refractivity contribution in [3.8, 4) is 11.5 Å². The lowest BCUT2D eigenvalue weighted by molar-refractivity contribution is -0.121. The Kier molecular flexibility index (Phi) is 7.95. The maximum Gasteiger partial charge on any atom is 0.336 e. The number of carbonyl (C=O) groups is 2. The zero-order valence-corrected chi connectivity index (χ0v) is 24.4. The van der Waals surface area contributed by atoms with E-state index in [1.54, 1.807) is 39.3 Å². The Morgan fingerprint density at radius 2 is 1.85 bits per heavy atom. The van der Waals surface area contributed by atoms with Crippen LogP contribution >= 0.6 is 27.7 Å². The summed E-state index contributed by atoms with van der Waals surface area (Å²) in [5, 5.41) is 12.2. The van der Waals surface area contributed by atoms with Crippen LogP contribution in [0, 0.1) is 6.92 Å². The van der Waals surface area contributed by atoms with Gasteiger partial charge in [-0.1, -0.05) is 42.5 Å². The van der Waals surface area contributed by atoms with Gasteiger partial charge in [0.05, 0.1) is 27.7 Å². The van der Waals surface area contributed by atoms with Crippen LogP contribution in [0.4, 0.5) is 5.69 Å². The molecule has 1 heterocycles. The average Bonchev–Trinajstić information content (AvgIpc) is 3.20. The lowest BCUT2D eigenvalue weighted by atomic mass is 10.1. The molecule has 40 heavy (non-hydrogen) atoms. The van der Waals surface area contributed by atoms with E-state index in [4.69, 9.17) is 9.47 Å². The molecule has 202 valence electrons. The first-order valence-corrected chi connectivity index (χ1v) is 13.9. The molecule has 1 aliphatic heterocycles. The topological polar surface area (TPSA) is 88.4 Å². The summed E-state index contributed by atoms with van der Waals surface area (Å²) in [4.78, 5) is 31.0. The van der Waals surface area contributed by atoms with Crippen molar-refractivity contribution in [2.24, 2.45) is 4.99 Å². The molecule has 4 aromatic rings. The second-order valence-electron chi connectivity index (χ2n) is 9.13. The lowest BCUT2D eigenvalue weighted by Gasteiger charge is -2.14. The number of aromatic carboxylic acids is 1. The molecule has 0 aliphatic carbocycles. The summed E-state index contributed by atoms with van der Waals surface area (Å²) in [6.07, 6.45) is 1.77. The van der Waals surface area contributed by atoms with Crippen LogP contribution in [-0.4, -0.2) is 41.2 Å². The number of ether oxygens (including phenoxy) is 2. The van der Waals surface area contributed by atoms with Gasteiger partial charge in [-0.2, -0.15) is 0 Å². The van der Waals surface area contributed by atoms with Crippen LogP contribution in [-0.2, 0) is 11.4 Å². The maximum atomic E-state index is 13.0. The molecule has 0 radical (unpaired) electrons. The number of aliphatic imine (C=N–C) groups is 1. The van der Waals surface area contributed by atoms with E-state index >= 15 is 0 Å². The zero-order valence-electron chi connectivity index (χ0n) is 22.0. The highest BCUT2D eigenvalue weighted by molar-refractivity contribution is 9.10. The molecule has 1 N–H and O–H groups in total. The molecule has 4 aromatic carbocycles. The number of fused-ring (bicyclic) bond motifs is 1. The number of likely N-dealkylation sites (N-methyl/N-ethyl adjacent to an activating group) is 1. The summed E-state index contributed by atoms with van der Waals surface area (Å²) >= 11 is 4.83. The summed E-state index contributed by atoms with van der Waals surface area (Å²) in [6.45, 7) is 2.07. The van der Waals surface area contributed by atoms with Crippen molar-refractivity contribution in [1.29, 1.82) is 0 Å². The summed E-state index contributed by atoms with van der Waals surface area (Å²) in [5.74, 6) is -0.132. The Labute approximate surface area is 244 Å². The van der Waals surface area contributed by atoms with Gasteiger partial charge in [-0.3, -0.25) is 9.69 Å². The Bertz CT molecular complexity index is 1720. The third-order valence-corrected chi connectivity index (χ3v) is 8.15. The van der Waals surface area contributed by atoms with Crippen molar-refractivity contribution in [1.82, 2.24) is 4.90 Å². The van der Waals surface area contributed by atoms with Crippen LogP contribution in [0.1, 0.15) is 27.0 Å². The third kappa shape index (κ3) is 5.61. The van der Waals surface area contributed by atoms with Crippen LogP contribution < -0.4 is 9.47 Å². The minimum atomic E-state index is -1.02. The number of amidine groups is 1. The number of carboxylic acid groups (broad SMARTS) is 1. The van der Waals surface area contributed by atoms with Gasteiger partial charge < -0.3 is 14.6 Å². The maximum absolute atomic E-state index is 13.0. The fourth-order valence-corrected chi connectivity index (χ4v) is 5.88. The molecule has 7 nitrogen and oxygen atoms in total. The van der Waals surface area contributed by atoms with Crippen LogP contribution in [0.3, 0.4) is 0 Å². The molecular formula is C31H25BrN2O5S. The molecule has 5 rings (SSSR count). The quantitative estimate of drug-likeness (QED) is 0.217. The van der Waals surface area contributed by atoms with Crippen molar-refractivity contribution in [2.45, 2.75) is 13.5 Å². The lowest BCUT2D eigenvalue weighted by Crippen LogP contribution is -2.23. The molecular weight excluding hydrogens is 592 g/mol. The summed E-state index contributed by atoms with van der Waals surface area (Å²) < 4.78 is 12.5. The van der Waals surface area contributed by atoms with E-state index in [0.29, 0.717) is 43.9 Å². The van der Waals surface area contributed by atoms with Crippen LogP contribution in [0.5, 0.6) is 11.5 Å². The second-order valence-corrected chi connectivity index (χ2v) is 11.0. The van der Waals surface area contributed by atoms with Crippen molar-refractivity contribution in [3.63, 3.8) is 0 Å². The van der Waals surface area contributed by atoms with Crippen LogP contribution in [0.25, 0.3) is 16.8 Å². The van der Waals surface area contributed by atoms with Gasteiger partial charge in [0, 0.05) is 7.05 Å². The first kappa shape index (κ1) is 27.5. The number of hydrogen-bond donors (Lipinski definition) is 1. The van der Waals surface area contributed by atoms with Crippen molar-refractivity contribution in [2.75, 3.05) is 14.2 Å². The molecule has 9 heteroatoms. The highest BCUT2D eigenvalue weighted by Gasteiger charge is 2.31. The smallest absolute Gasteiger partial charge is 0.336 e. The predicted molar refractivity (Wildman–Crippen MR) is 163 cm³/mol. The molecule has 1 aliphatic rings. The van der Waals surface area contributed by atoms with Gasteiger partial charge >= 0.3 is 5.97 Å². The first-order valence-electron chi connectivity index (χ1n) is 12.3. The number of amides is 1. The number of nitrogens with zero attached hydrogens (tertiary/aromatic N) is 2. The predicted octanol–water partition coefficient (Wildman–Crippen LogP) is 7.43. The van der Waals surface area contributed by atoms with Gasteiger partial charge in [0.1, 0.15) is 6.61 Å². The number of benzene rings is 4. The standard InChI is InChI=1S/C31H25BrN2O5S/c1-18-23(30(36)37)9-6-10-25(18)33-31-34(2)29(35)27(40-31)16-20-14-24(32)28(26(15-20)38-3)39-17-19-11-12-21-7-4-5-8-22(21)13-19/h4-16H,17H2,1-3H3,(H,36,37)/b27-16-,33-31?. The molecule has 1 amide bonds. The Hall–Kier alpha value is -4.08. The van der Waals surface area contributed by atoms with E-state index in [2.05, 4.69) is 45.2 Å². The monoisotopic (exact) mass is 616 g/mol. The number of methoxy groups -OCH3 is 1. The SMILES string of the molecule is COc1cc(/C=C2\SC(=Nc3cccc(C(=O)O)c3C)N(C)C2=O)cc(Br)c1OCc1ccc2ccccc2c1. The van der Waals surface area contributed by atoms with Gasteiger partial charge in [0.15, 0.2) is 16.7 Å². The molecule has 0 aromatic heterocycles. The van der Waals surface area contributed by atoms with Crippen LogP contribution in [0.15, 0.2) is 87.2 Å². The number of thioether (sulfide) groups is 1. The van der Waals surface area contributed by atoms with Gasteiger partial charge in [-0.25, -0.2) is 9.79 Å². The highest BCUT2D eigenvalue weighted by atomic mass is 79.9. The minimum Gasteiger partial charge on any atom is -0.493 e. The van der Waals surface area contributed by atoms with Crippen molar-refractivity contribution in [3.05, 3.63) is 104 Å². The van der Waals surface area contributed by atoms with Gasteiger partial charge in [0.2, 0.25) is 0 Å². The van der Waals surface area contributed by atoms with Gasteiger partial charge in [-0.15, -0.1) is 0 Å². The molecule has 1 fully saturated rings. The van der Waals surface area contributed by atoms with E-state index in [1.807, 2.05) is 30.3 Å². The van der Waals surface area contributed by atoms with Gasteiger partial charge in [-0.05, 0) is 98.5 Å². The number of hydrogen-bond acceptors (Lipinski definition) is 6. The van der Waals surface area contributed by atoms with E-state index in [-0.39, 0.29) is 11.5 Å². The fourth-order valence-electron chi connectivity index (χ4n) is 4.33. The highest BCUT2D eigenvalue weighted by Crippen LogP contribution is 2.40. The normalized spacial score (nSPS) is 15.3. The largest absolute Gasteiger partial charge is 0.493 e. The molecule has 0 spiro atoms. The summed E-state index contributed by atoms with van der Waals surface area (Å²) in [6, 6.07) is 23.0. The first-order chi connectivity index (χ1) is 19.2. The van der Waals surface area contributed by atoms with E-state index in [1.165, 1.54) is 28.1 Å². The fraction of sp³-hybridized carbons (Fsp3) is 0.129. The number of halogens is 1. The molecule has 0 unspecified atom stereocenters. The second kappa shape index (κ2) is 11.6.